The average molecular weight is 293 g/mol. The van der Waals surface area contributed by atoms with E-state index in [1.165, 1.54) is 0 Å². The van der Waals surface area contributed by atoms with Crippen molar-refractivity contribution in [2.24, 2.45) is 5.92 Å². The van der Waals surface area contributed by atoms with Crippen LogP contribution in [0, 0.1) is 5.92 Å². The Balaban J connectivity index is 1.97. The monoisotopic (exact) mass is 293 g/mol. The third-order valence-corrected chi connectivity index (χ3v) is 4.01. The van der Waals surface area contributed by atoms with Crippen molar-refractivity contribution in [3.8, 4) is 0 Å². The van der Waals surface area contributed by atoms with Crippen molar-refractivity contribution in [1.82, 2.24) is 5.32 Å². The van der Waals surface area contributed by atoms with E-state index in [0.717, 1.165) is 5.56 Å². The van der Waals surface area contributed by atoms with Gasteiger partial charge in [0.15, 0.2) is 0 Å². The fraction of sp³-hybridized carbons (Fsp3) is 0.471. The van der Waals surface area contributed by atoms with Crippen molar-refractivity contribution in [1.29, 1.82) is 0 Å². The lowest BCUT2D eigenvalue weighted by molar-refractivity contribution is -0.129. The Hall–Kier alpha value is -1.71. The second kappa shape index (κ2) is 6.83. The summed E-state index contributed by atoms with van der Waals surface area (Å²) in [6.45, 7) is 3.71. The SMILES string of the molecule is C=CC[C@H](NC(=O)C1CCC(F)(F)CC1)c1ccccc1. The predicted octanol–water partition coefficient (Wildman–Crippen LogP) is 4.25. The molecule has 0 unspecified atom stereocenters. The number of nitrogens with one attached hydrogen (secondary N) is 1. The van der Waals surface area contributed by atoms with Gasteiger partial charge in [-0.3, -0.25) is 4.79 Å². The van der Waals surface area contributed by atoms with Crippen molar-refractivity contribution < 1.29 is 13.6 Å². The lowest BCUT2D eigenvalue weighted by Crippen LogP contribution is -2.37. The molecule has 1 aliphatic rings. The van der Waals surface area contributed by atoms with Crippen LogP contribution in [0.3, 0.4) is 0 Å². The van der Waals surface area contributed by atoms with Gasteiger partial charge in [0.05, 0.1) is 6.04 Å². The van der Waals surface area contributed by atoms with Crippen LogP contribution in [0.5, 0.6) is 0 Å². The lowest BCUT2D eigenvalue weighted by atomic mass is 9.86. The molecule has 0 bridgehead atoms. The van der Waals surface area contributed by atoms with Crippen LogP contribution in [0.25, 0.3) is 0 Å². The van der Waals surface area contributed by atoms with Crippen molar-refractivity contribution in [2.75, 3.05) is 0 Å². The number of alkyl halides is 2. The maximum absolute atomic E-state index is 13.1. The fourth-order valence-electron chi connectivity index (χ4n) is 2.72. The molecule has 1 aliphatic carbocycles. The zero-order valence-electron chi connectivity index (χ0n) is 12.0. The number of carbonyl (C=O) groups is 1. The third-order valence-electron chi connectivity index (χ3n) is 4.01. The molecule has 0 heterocycles. The molecule has 1 aromatic carbocycles. The Morgan fingerprint density at radius 3 is 2.52 bits per heavy atom. The smallest absolute Gasteiger partial charge is 0.248 e. The van der Waals surface area contributed by atoms with Crippen LogP contribution in [-0.4, -0.2) is 11.8 Å². The van der Waals surface area contributed by atoms with E-state index < -0.39 is 5.92 Å². The van der Waals surface area contributed by atoms with Gasteiger partial charge in [-0.2, -0.15) is 0 Å². The second-order valence-electron chi connectivity index (χ2n) is 5.63. The molecule has 0 radical (unpaired) electrons. The van der Waals surface area contributed by atoms with Gasteiger partial charge in [0.25, 0.3) is 0 Å². The zero-order valence-corrected chi connectivity index (χ0v) is 12.0. The molecule has 0 spiro atoms. The molecule has 1 N–H and O–H groups in total. The van der Waals surface area contributed by atoms with E-state index in [0.29, 0.717) is 6.42 Å². The Kier molecular flexibility index (Phi) is 5.10. The molecule has 21 heavy (non-hydrogen) atoms. The highest BCUT2D eigenvalue weighted by atomic mass is 19.3. The van der Waals surface area contributed by atoms with Gasteiger partial charge in [0.2, 0.25) is 11.8 Å². The Morgan fingerprint density at radius 2 is 1.95 bits per heavy atom. The number of amides is 1. The van der Waals surface area contributed by atoms with E-state index in [1.54, 1.807) is 6.08 Å². The number of hydrogen-bond acceptors (Lipinski definition) is 1. The molecule has 1 aromatic rings. The predicted molar refractivity (Wildman–Crippen MR) is 79.0 cm³/mol. The van der Waals surface area contributed by atoms with Crippen LogP contribution in [0.2, 0.25) is 0 Å². The first-order valence-corrected chi connectivity index (χ1v) is 7.36. The summed E-state index contributed by atoms with van der Waals surface area (Å²) in [5.74, 6) is -3.03. The van der Waals surface area contributed by atoms with Crippen molar-refractivity contribution in [3.63, 3.8) is 0 Å². The van der Waals surface area contributed by atoms with Gasteiger partial charge in [0, 0.05) is 18.8 Å². The van der Waals surface area contributed by atoms with E-state index in [2.05, 4.69) is 11.9 Å². The molecular formula is C17H21F2NO. The Morgan fingerprint density at radius 1 is 1.33 bits per heavy atom. The summed E-state index contributed by atoms with van der Waals surface area (Å²) < 4.78 is 26.3. The topological polar surface area (TPSA) is 29.1 Å². The highest BCUT2D eigenvalue weighted by molar-refractivity contribution is 5.79. The number of hydrogen-bond donors (Lipinski definition) is 1. The fourth-order valence-corrected chi connectivity index (χ4v) is 2.72. The maximum Gasteiger partial charge on any atom is 0.248 e. The molecular weight excluding hydrogens is 272 g/mol. The first-order valence-electron chi connectivity index (χ1n) is 7.36. The summed E-state index contributed by atoms with van der Waals surface area (Å²) >= 11 is 0. The number of rotatable bonds is 5. The summed E-state index contributed by atoms with van der Waals surface area (Å²) in [7, 11) is 0. The van der Waals surface area contributed by atoms with E-state index in [-0.39, 0.29) is 43.6 Å². The van der Waals surface area contributed by atoms with Crippen LogP contribution in [-0.2, 0) is 4.79 Å². The lowest BCUT2D eigenvalue weighted by Gasteiger charge is -2.29. The van der Waals surface area contributed by atoms with Crippen LogP contribution in [0.1, 0.15) is 43.7 Å². The van der Waals surface area contributed by atoms with Gasteiger partial charge in [-0.15, -0.1) is 6.58 Å². The molecule has 0 aromatic heterocycles. The molecule has 1 atom stereocenters. The molecule has 0 aliphatic heterocycles. The molecule has 1 saturated carbocycles. The molecule has 2 nitrogen and oxygen atoms in total. The molecule has 2 rings (SSSR count). The largest absolute Gasteiger partial charge is 0.349 e. The number of halogens is 2. The molecule has 1 fully saturated rings. The first kappa shape index (κ1) is 15.7. The van der Waals surface area contributed by atoms with Crippen molar-refractivity contribution in [3.05, 3.63) is 48.6 Å². The van der Waals surface area contributed by atoms with E-state index in [1.807, 2.05) is 30.3 Å². The standard InChI is InChI=1S/C17H21F2NO/c1-2-6-15(13-7-4-3-5-8-13)20-16(21)14-9-11-17(18,19)12-10-14/h2-5,7-8,14-15H,1,6,9-12H2,(H,20,21)/t15-/m0/s1. The number of carbonyl (C=O) groups excluding carboxylic acids is 1. The third kappa shape index (κ3) is 4.38. The molecule has 4 heteroatoms. The molecule has 114 valence electrons. The summed E-state index contributed by atoms with van der Waals surface area (Å²) in [5, 5.41) is 2.98. The van der Waals surface area contributed by atoms with Crippen LogP contribution in [0.4, 0.5) is 8.78 Å². The van der Waals surface area contributed by atoms with Gasteiger partial charge in [-0.25, -0.2) is 8.78 Å². The van der Waals surface area contributed by atoms with Gasteiger partial charge < -0.3 is 5.32 Å². The minimum atomic E-state index is -2.60. The summed E-state index contributed by atoms with van der Waals surface area (Å²) in [6.07, 6.45) is 2.51. The van der Waals surface area contributed by atoms with Gasteiger partial charge in [-0.1, -0.05) is 36.4 Å². The minimum absolute atomic E-state index is 0.124. The summed E-state index contributed by atoms with van der Waals surface area (Å²) in [4.78, 5) is 12.3. The highest BCUT2D eigenvalue weighted by Gasteiger charge is 2.37. The van der Waals surface area contributed by atoms with Crippen LogP contribution >= 0.6 is 0 Å². The summed E-state index contributed by atoms with van der Waals surface area (Å²) in [6, 6.07) is 9.50. The quantitative estimate of drug-likeness (QED) is 0.808. The highest BCUT2D eigenvalue weighted by Crippen LogP contribution is 2.36. The average Bonchev–Trinajstić information content (AvgIpc) is 2.47. The number of benzene rings is 1. The Labute approximate surface area is 124 Å². The molecule has 0 saturated heterocycles. The molecule has 1 amide bonds. The van der Waals surface area contributed by atoms with Gasteiger partial charge >= 0.3 is 0 Å². The second-order valence-corrected chi connectivity index (χ2v) is 5.63. The van der Waals surface area contributed by atoms with E-state index in [4.69, 9.17) is 0 Å². The van der Waals surface area contributed by atoms with Crippen molar-refractivity contribution in [2.45, 2.75) is 44.1 Å². The van der Waals surface area contributed by atoms with Crippen LogP contribution in [0.15, 0.2) is 43.0 Å². The van der Waals surface area contributed by atoms with Crippen molar-refractivity contribution >= 4 is 5.91 Å². The maximum atomic E-state index is 13.1. The Bertz CT molecular complexity index is 477. The zero-order chi connectivity index (χ0) is 15.3. The van der Waals surface area contributed by atoms with E-state index in [9.17, 15) is 13.6 Å². The first-order chi connectivity index (χ1) is 10.0. The van der Waals surface area contributed by atoms with Gasteiger partial charge in [-0.05, 0) is 24.8 Å². The van der Waals surface area contributed by atoms with Gasteiger partial charge in [0.1, 0.15) is 0 Å². The normalized spacial score (nSPS) is 19.7. The minimum Gasteiger partial charge on any atom is -0.349 e. The van der Waals surface area contributed by atoms with E-state index >= 15 is 0 Å². The summed E-state index contributed by atoms with van der Waals surface area (Å²) in [5.41, 5.74) is 1.01. The van der Waals surface area contributed by atoms with Crippen LogP contribution < -0.4 is 5.32 Å².